The maximum absolute atomic E-state index is 9.98. The van der Waals surface area contributed by atoms with Gasteiger partial charge in [-0.05, 0) is 12.8 Å². The van der Waals surface area contributed by atoms with Gasteiger partial charge in [0, 0.05) is 12.2 Å². The summed E-state index contributed by atoms with van der Waals surface area (Å²) in [5.41, 5.74) is 0.505. The molecule has 0 aromatic rings. The van der Waals surface area contributed by atoms with Gasteiger partial charge in [0.05, 0.1) is 0 Å². The van der Waals surface area contributed by atoms with Crippen LogP contribution in [0.25, 0.3) is 0 Å². The molecule has 0 saturated carbocycles. The van der Waals surface area contributed by atoms with E-state index in [4.69, 9.17) is 5.21 Å². The molecule has 0 spiro atoms. The Morgan fingerprint density at radius 1 is 1.75 bits per heavy atom. The van der Waals surface area contributed by atoms with Crippen molar-refractivity contribution in [3.8, 4) is 0 Å². The van der Waals surface area contributed by atoms with Crippen LogP contribution < -0.4 is 5.11 Å². The van der Waals surface area contributed by atoms with Crippen LogP contribution in [0.3, 0.4) is 0 Å². The summed E-state index contributed by atoms with van der Waals surface area (Å²) >= 11 is 0. The summed E-state index contributed by atoms with van der Waals surface area (Å²) in [5, 5.41) is 19.7. The van der Waals surface area contributed by atoms with Crippen LogP contribution in [-0.2, 0) is 0 Å². The molecule has 0 radical (unpaired) electrons. The smallest absolute Gasteiger partial charge is 0.0453 e. The van der Waals surface area contributed by atoms with Gasteiger partial charge in [-0.1, -0.05) is 0 Å². The van der Waals surface area contributed by atoms with Gasteiger partial charge >= 0.3 is 0 Å². The van der Waals surface area contributed by atoms with E-state index in [0.717, 1.165) is 17.9 Å². The van der Waals surface area contributed by atoms with E-state index in [9.17, 15) is 5.11 Å². The number of nitrogens with zero attached hydrogens (tertiary/aromatic N) is 1. The average Bonchev–Trinajstić information content (AvgIpc) is 2.14. The van der Waals surface area contributed by atoms with Crippen LogP contribution in [0.1, 0.15) is 12.8 Å². The molecule has 1 saturated heterocycles. The molecule has 0 bridgehead atoms. The van der Waals surface area contributed by atoms with Gasteiger partial charge in [-0.2, -0.15) is 0 Å². The number of hydrogen-bond acceptors (Lipinski definition) is 3. The second kappa shape index (κ2) is 2.05. The number of hydroxylamine groups is 2. The monoisotopic (exact) mass is 114 g/mol. The van der Waals surface area contributed by atoms with Gasteiger partial charge in [0.25, 0.3) is 0 Å². The van der Waals surface area contributed by atoms with Crippen LogP contribution in [0.2, 0.25) is 0 Å². The van der Waals surface area contributed by atoms with Crippen LogP contribution in [0.5, 0.6) is 0 Å². The summed E-state index contributed by atoms with van der Waals surface area (Å²) in [6, 6.07) is 0. The van der Waals surface area contributed by atoms with Gasteiger partial charge in [-0.25, -0.2) is 0 Å². The topological polar surface area (TPSA) is 46.5 Å². The molecule has 0 unspecified atom stereocenters. The zero-order valence-corrected chi connectivity index (χ0v) is 4.50. The third kappa shape index (κ3) is 0.767. The third-order valence-electron chi connectivity index (χ3n) is 1.27. The fraction of sp³-hybridized carbons (Fsp3) is 0.600. The first-order valence-electron chi connectivity index (χ1n) is 2.62. The van der Waals surface area contributed by atoms with Crippen LogP contribution >= 0.6 is 0 Å². The van der Waals surface area contributed by atoms with Gasteiger partial charge in [0.15, 0.2) is 0 Å². The zero-order chi connectivity index (χ0) is 5.98. The van der Waals surface area contributed by atoms with Crippen molar-refractivity contribution >= 4 is 0 Å². The molecule has 0 aromatic carbocycles. The SMILES string of the molecule is [O-]/C=C1/CCCN1O. The molecule has 46 valence electrons. The molecular weight excluding hydrogens is 106 g/mol. The molecule has 1 rings (SSSR count). The number of rotatable bonds is 0. The molecule has 1 aliphatic heterocycles. The summed E-state index contributed by atoms with van der Waals surface area (Å²) < 4.78 is 0. The highest BCUT2D eigenvalue weighted by Crippen LogP contribution is 2.15. The van der Waals surface area contributed by atoms with Crippen molar-refractivity contribution < 1.29 is 10.3 Å². The molecule has 0 atom stereocenters. The lowest BCUT2D eigenvalue weighted by molar-refractivity contribution is -0.280. The van der Waals surface area contributed by atoms with Crippen LogP contribution in [0, 0.1) is 0 Å². The molecule has 1 heterocycles. The highest BCUT2D eigenvalue weighted by atomic mass is 16.5. The summed E-state index contributed by atoms with van der Waals surface area (Å²) in [4.78, 5) is 0. The number of allylic oxidation sites excluding steroid dienone is 1. The van der Waals surface area contributed by atoms with E-state index in [1.165, 1.54) is 0 Å². The summed E-state index contributed by atoms with van der Waals surface area (Å²) in [6.45, 7) is 0.605. The Balaban J connectivity index is 2.55. The molecule has 0 amide bonds. The lowest BCUT2D eigenvalue weighted by Gasteiger charge is -2.10. The van der Waals surface area contributed by atoms with E-state index in [1.54, 1.807) is 0 Å². The van der Waals surface area contributed by atoms with E-state index in [0.29, 0.717) is 18.5 Å². The first kappa shape index (κ1) is 5.44. The standard InChI is InChI=1S/C5H9NO2/c7-4-5-2-1-3-6(5)8/h4,7-8H,1-3H2/p-1/b5-4-. The minimum Gasteiger partial charge on any atom is -0.877 e. The van der Waals surface area contributed by atoms with Gasteiger partial charge < -0.3 is 5.11 Å². The van der Waals surface area contributed by atoms with Crippen molar-refractivity contribution in [3.63, 3.8) is 0 Å². The molecule has 0 aromatic heterocycles. The third-order valence-corrected chi connectivity index (χ3v) is 1.27. The normalized spacial score (nSPS) is 25.1. The van der Waals surface area contributed by atoms with E-state index < -0.39 is 0 Å². The van der Waals surface area contributed by atoms with Gasteiger partial charge in [0.2, 0.25) is 0 Å². The Labute approximate surface area is 47.8 Å². The summed E-state index contributed by atoms with van der Waals surface area (Å²) in [7, 11) is 0. The molecular formula is C5H8NO2-. The summed E-state index contributed by atoms with van der Waals surface area (Å²) in [5.74, 6) is 0. The fourth-order valence-corrected chi connectivity index (χ4v) is 0.802. The van der Waals surface area contributed by atoms with Crippen molar-refractivity contribution in [2.45, 2.75) is 12.8 Å². The molecule has 8 heavy (non-hydrogen) atoms. The van der Waals surface area contributed by atoms with Crippen molar-refractivity contribution in [1.82, 2.24) is 5.06 Å². The van der Waals surface area contributed by atoms with Crippen molar-refractivity contribution in [2.75, 3.05) is 6.54 Å². The highest BCUT2D eigenvalue weighted by Gasteiger charge is 2.10. The van der Waals surface area contributed by atoms with Crippen LogP contribution in [0.4, 0.5) is 0 Å². The van der Waals surface area contributed by atoms with Crippen molar-refractivity contribution in [2.24, 2.45) is 0 Å². The predicted octanol–water partition coefficient (Wildman–Crippen LogP) is -0.327. The molecule has 0 aliphatic carbocycles. The molecule has 1 fully saturated rings. The largest absolute Gasteiger partial charge is 0.877 e. The van der Waals surface area contributed by atoms with Crippen molar-refractivity contribution in [1.29, 1.82) is 0 Å². The Hall–Kier alpha value is -0.700. The summed E-state index contributed by atoms with van der Waals surface area (Å²) in [6.07, 6.45) is 2.32. The minimum absolute atomic E-state index is 0.505. The van der Waals surface area contributed by atoms with E-state index in [1.807, 2.05) is 0 Å². The first-order chi connectivity index (χ1) is 3.84. The fourth-order valence-electron chi connectivity index (χ4n) is 0.802. The molecule has 3 nitrogen and oxygen atoms in total. The predicted molar refractivity (Wildman–Crippen MR) is 25.8 cm³/mol. The zero-order valence-electron chi connectivity index (χ0n) is 4.50. The lowest BCUT2D eigenvalue weighted by atomic mass is 10.3. The maximum atomic E-state index is 9.98. The minimum atomic E-state index is 0.505. The van der Waals surface area contributed by atoms with Gasteiger partial charge in [-0.15, -0.1) is 6.26 Å². The quantitative estimate of drug-likeness (QED) is 0.439. The molecule has 1 aliphatic rings. The van der Waals surface area contributed by atoms with Crippen LogP contribution in [-0.4, -0.2) is 16.8 Å². The number of hydrogen-bond donors (Lipinski definition) is 1. The van der Waals surface area contributed by atoms with E-state index in [-0.39, 0.29) is 0 Å². The van der Waals surface area contributed by atoms with E-state index >= 15 is 0 Å². The first-order valence-corrected chi connectivity index (χ1v) is 2.62. The Kier molecular flexibility index (Phi) is 1.39. The Morgan fingerprint density at radius 2 is 2.50 bits per heavy atom. The second-order valence-electron chi connectivity index (χ2n) is 1.84. The van der Waals surface area contributed by atoms with Crippen LogP contribution in [0.15, 0.2) is 12.0 Å². The van der Waals surface area contributed by atoms with Crippen molar-refractivity contribution in [3.05, 3.63) is 12.0 Å². The lowest BCUT2D eigenvalue weighted by Crippen LogP contribution is -2.12. The maximum Gasteiger partial charge on any atom is 0.0453 e. The van der Waals surface area contributed by atoms with E-state index in [2.05, 4.69) is 0 Å². The molecule has 1 N–H and O–H groups in total. The van der Waals surface area contributed by atoms with Gasteiger partial charge in [0.1, 0.15) is 0 Å². The van der Waals surface area contributed by atoms with Gasteiger partial charge in [-0.3, -0.25) is 10.3 Å². The average molecular weight is 114 g/mol. The Morgan fingerprint density at radius 3 is 2.75 bits per heavy atom. The molecule has 3 heteroatoms. The second-order valence-corrected chi connectivity index (χ2v) is 1.84. The Bertz CT molecular complexity index is 111. The highest BCUT2D eigenvalue weighted by molar-refractivity contribution is 4.97.